The Morgan fingerprint density at radius 1 is 0.909 bits per heavy atom. The Labute approximate surface area is 70.8 Å². The van der Waals surface area contributed by atoms with E-state index in [-0.39, 0.29) is 0 Å². The van der Waals surface area contributed by atoms with Gasteiger partial charge in [-0.2, -0.15) is 0 Å². The molecule has 0 amide bonds. The summed E-state index contributed by atoms with van der Waals surface area (Å²) in [6.07, 6.45) is 1.42. The van der Waals surface area contributed by atoms with Gasteiger partial charge in [-0.3, -0.25) is 0 Å². The summed E-state index contributed by atoms with van der Waals surface area (Å²) in [5.41, 5.74) is 0. The smallest absolute Gasteiger partial charge is 0.185 e. The Hall–Kier alpha value is 0.0499. The minimum absolute atomic E-state index is 0.971. The molecule has 4 heteroatoms. The molecule has 0 aromatic carbocycles. The van der Waals surface area contributed by atoms with Gasteiger partial charge in [-0.05, 0) is 44.4 Å². The van der Waals surface area contributed by atoms with Crippen molar-refractivity contribution >= 4 is 16.0 Å². The summed E-state index contributed by atoms with van der Waals surface area (Å²) in [5, 5.41) is 0. The lowest BCUT2D eigenvalue weighted by Crippen LogP contribution is -2.38. The average Bonchev–Trinajstić information content (AvgIpc) is 2.27. The topological polar surface area (TPSA) is 6.48 Å². The van der Waals surface area contributed by atoms with Gasteiger partial charge in [0.1, 0.15) is 0 Å². The molecule has 0 N–H and O–H groups in total. The second-order valence-electron chi connectivity index (χ2n) is 4.29. The Balaban J connectivity index is 1.97. The van der Waals surface area contributed by atoms with Crippen LogP contribution in [0.15, 0.2) is 0 Å². The highest BCUT2D eigenvalue weighted by atomic mass is 15.1. The second kappa shape index (κ2) is 2.83. The van der Waals surface area contributed by atoms with E-state index in [4.69, 9.17) is 0 Å². The van der Waals surface area contributed by atoms with Crippen LogP contribution in [0, 0.1) is 11.8 Å². The number of rotatable bonds is 0. The molecule has 0 aromatic heterocycles. The van der Waals surface area contributed by atoms with E-state index in [0.717, 1.165) is 11.8 Å². The highest BCUT2D eigenvalue weighted by Gasteiger charge is 2.33. The molecule has 2 atom stereocenters. The van der Waals surface area contributed by atoms with Gasteiger partial charge in [0.2, 0.25) is 0 Å². The molecular formula is C7H16B2N2. The van der Waals surface area contributed by atoms with E-state index < -0.39 is 0 Å². The van der Waals surface area contributed by atoms with Crippen molar-refractivity contribution in [3.8, 4) is 0 Å². The zero-order valence-electron chi connectivity index (χ0n) is 7.58. The van der Waals surface area contributed by atoms with Crippen LogP contribution >= 0.6 is 0 Å². The Bertz CT molecular complexity index is 153. The van der Waals surface area contributed by atoms with Crippen molar-refractivity contribution in [3.05, 3.63) is 0 Å². The number of hydrogen-bond donors (Lipinski definition) is 0. The first kappa shape index (κ1) is 7.69. The molecule has 11 heavy (non-hydrogen) atoms. The minimum Gasteiger partial charge on any atom is -0.348 e. The van der Waals surface area contributed by atoms with Crippen molar-refractivity contribution in [1.82, 2.24) is 9.62 Å². The summed E-state index contributed by atoms with van der Waals surface area (Å²) in [6, 6.07) is 0. The Kier molecular flexibility index (Phi) is 1.98. The summed E-state index contributed by atoms with van der Waals surface area (Å²) >= 11 is 0. The predicted octanol–water partition coefficient (Wildman–Crippen LogP) is -1.66. The maximum absolute atomic E-state index is 2.48. The predicted molar refractivity (Wildman–Crippen MR) is 51.8 cm³/mol. The first-order valence-electron chi connectivity index (χ1n) is 4.63. The van der Waals surface area contributed by atoms with Crippen LogP contribution in [-0.4, -0.2) is 51.8 Å². The maximum Gasteiger partial charge on any atom is 0.185 e. The van der Waals surface area contributed by atoms with Gasteiger partial charge >= 0.3 is 0 Å². The van der Waals surface area contributed by atoms with Crippen LogP contribution in [-0.2, 0) is 0 Å². The van der Waals surface area contributed by atoms with Crippen LogP contribution in [0.2, 0.25) is 0 Å². The second-order valence-corrected chi connectivity index (χ2v) is 4.29. The zero-order valence-corrected chi connectivity index (χ0v) is 7.58. The van der Waals surface area contributed by atoms with E-state index in [0.29, 0.717) is 0 Å². The molecule has 2 aliphatic heterocycles. The highest BCUT2D eigenvalue weighted by Crippen LogP contribution is 2.28. The average molecular weight is 150 g/mol. The molecule has 0 saturated carbocycles. The van der Waals surface area contributed by atoms with Crippen LogP contribution in [0.25, 0.3) is 0 Å². The molecule has 0 radical (unpaired) electrons. The van der Waals surface area contributed by atoms with Crippen LogP contribution in [0.3, 0.4) is 0 Å². The summed E-state index contributed by atoms with van der Waals surface area (Å²) in [7, 11) is 4.49. The van der Waals surface area contributed by atoms with Gasteiger partial charge < -0.3 is 9.62 Å². The molecule has 2 aliphatic rings. The van der Waals surface area contributed by atoms with Gasteiger partial charge in [0.25, 0.3) is 0 Å². The first-order valence-corrected chi connectivity index (χ1v) is 4.63. The van der Waals surface area contributed by atoms with E-state index in [9.17, 15) is 0 Å². The number of nitrogens with zero attached hydrogens (tertiary/aromatic N) is 2. The van der Waals surface area contributed by atoms with E-state index in [1.807, 2.05) is 0 Å². The summed E-state index contributed by atoms with van der Waals surface area (Å²) in [5.74, 6) is 1.98. The molecule has 2 fully saturated rings. The largest absolute Gasteiger partial charge is 0.348 e. The van der Waals surface area contributed by atoms with E-state index in [1.54, 1.807) is 0 Å². The normalized spacial score (nSPS) is 40.7. The van der Waals surface area contributed by atoms with Gasteiger partial charge in [-0.25, -0.2) is 0 Å². The Morgan fingerprint density at radius 3 is 2.36 bits per heavy atom. The van der Waals surface area contributed by atoms with Crippen molar-refractivity contribution in [3.63, 3.8) is 0 Å². The van der Waals surface area contributed by atoms with Gasteiger partial charge in [0, 0.05) is 0 Å². The van der Waals surface area contributed by atoms with E-state index in [2.05, 4.69) is 25.6 Å². The summed E-state index contributed by atoms with van der Waals surface area (Å²) in [6.45, 7) is 5.32. The van der Waals surface area contributed by atoms with Crippen LogP contribution in [0.5, 0.6) is 0 Å². The fourth-order valence-corrected chi connectivity index (χ4v) is 2.58. The molecule has 0 aromatic rings. The minimum atomic E-state index is 0.971. The van der Waals surface area contributed by atoms with Crippen LogP contribution < -0.4 is 0 Å². The molecule has 2 heterocycles. The fraction of sp³-hybridized carbons (Fsp3) is 1.00. The van der Waals surface area contributed by atoms with Crippen molar-refractivity contribution in [2.45, 2.75) is 6.42 Å². The molecule has 2 nitrogen and oxygen atoms in total. The van der Waals surface area contributed by atoms with Crippen LogP contribution in [0.1, 0.15) is 6.42 Å². The third-order valence-corrected chi connectivity index (χ3v) is 3.19. The van der Waals surface area contributed by atoms with Crippen LogP contribution in [0.4, 0.5) is 0 Å². The number of piperidine rings is 1. The molecular weight excluding hydrogens is 134 g/mol. The molecule has 0 unspecified atom stereocenters. The van der Waals surface area contributed by atoms with E-state index >= 15 is 0 Å². The van der Waals surface area contributed by atoms with Crippen molar-refractivity contribution in [2.24, 2.45) is 11.8 Å². The standard InChI is InChI=1S/C7H16B2N2/c8-10-2-1-6-3-11(9)5-7(6)4-10/h6-7H,1-5,8-9H2/t6-,7+/m0/s1. The summed E-state index contributed by atoms with van der Waals surface area (Å²) < 4.78 is 0. The lowest BCUT2D eigenvalue weighted by molar-refractivity contribution is 0.234. The third-order valence-electron chi connectivity index (χ3n) is 3.19. The molecule has 60 valence electrons. The first-order chi connectivity index (χ1) is 5.25. The monoisotopic (exact) mass is 150 g/mol. The molecule has 2 rings (SSSR count). The van der Waals surface area contributed by atoms with Gasteiger partial charge in [-0.1, -0.05) is 0 Å². The van der Waals surface area contributed by atoms with Gasteiger partial charge in [-0.15, -0.1) is 0 Å². The number of fused-ring (bicyclic) bond motifs is 1. The van der Waals surface area contributed by atoms with Gasteiger partial charge in [0.15, 0.2) is 16.0 Å². The Morgan fingerprint density at radius 2 is 1.55 bits per heavy atom. The third kappa shape index (κ3) is 1.47. The van der Waals surface area contributed by atoms with Crippen molar-refractivity contribution in [1.29, 1.82) is 0 Å². The fourth-order valence-electron chi connectivity index (χ4n) is 2.58. The lowest BCUT2D eigenvalue weighted by atomic mass is 9.87. The maximum atomic E-state index is 2.48. The highest BCUT2D eigenvalue weighted by molar-refractivity contribution is 6.05. The van der Waals surface area contributed by atoms with E-state index in [1.165, 1.54) is 32.6 Å². The van der Waals surface area contributed by atoms with Gasteiger partial charge in [0.05, 0.1) is 0 Å². The summed E-state index contributed by atoms with van der Waals surface area (Å²) in [4.78, 5) is 4.95. The van der Waals surface area contributed by atoms with Crippen molar-refractivity contribution < 1.29 is 0 Å². The van der Waals surface area contributed by atoms with Crippen molar-refractivity contribution in [2.75, 3.05) is 26.2 Å². The quantitative estimate of drug-likeness (QED) is 0.381. The SMILES string of the molecule is BN1CC[C@H]2CN(B)C[C@H]2C1. The lowest BCUT2D eigenvalue weighted by Gasteiger charge is -2.31. The molecule has 0 bridgehead atoms. The zero-order chi connectivity index (χ0) is 7.84. The molecule has 0 spiro atoms. The molecule has 0 aliphatic carbocycles. The number of hydrogen-bond acceptors (Lipinski definition) is 2. The molecule has 2 saturated heterocycles.